The Labute approximate surface area is 141 Å². The highest BCUT2D eigenvalue weighted by molar-refractivity contribution is 7.86. The minimum atomic E-state index is -3.42. The second kappa shape index (κ2) is 6.40. The van der Waals surface area contributed by atoms with Gasteiger partial charge in [0.25, 0.3) is 10.2 Å². The lowest BCUT2D eigenvalue weighted by atomic mass is 9.95. The maximum absolute atomic E-state index is 12.8. The molecule has 0 aromatic carbocycles. The monoisotopic (exact) mass is 351 g/mol. The summed E-state index contributed by atoms with van der Waals surface area (Å²) < 4.78 is 34.1. The molecule has 24 heavy (non-hydrogen) atoms. The van der Waals surface area contributed by atoms with Crippen molar-refractivity contribution in [2.24, 2.45) is 0 Å². The first-order valence-corrected chi connectivity index (χ1v) is 9.67. The molecule has 130 valence electrons. The Morgan fingerprint density at radius 1 is 1.17 bits per heavy atom. The Balaban J connectivity index is 1.54. The molecule has 0 radical (unpaired) electrons. The van der Waals surface area contributed by atoms with Crippen LogP contribution in [0.1, 0.15) is 24.5 Å². The van der Waals surface area contributed by atoms with Gasteiger partial charge in [-0.2, -0.15) is 22.1 Å². The van der Waals surface area contributed by atoms with Crippen molar-refractivity contribution in [2.45, 2.75) is 18.8 Å². The van der Waals surface area contributed by atoms with E-state index >= 15 is 0 Å². The normalized spacial score (nSPS) is 24.4. The Morgan fingerprint density at radius 2 is 2.00 bits per heavy atom. The van der Waals surface area contributed by atoms with Gasteiger partial charge >= 0.3 is 0 Å². The van der Waals surface area contributed by atoms with Gasteiger partial charge in [0.05, 0.1) is 19.4 Å². The molecule has 0 spiro atoms. The molecule has 4 heterocycles. The van der Waals surface area contributed by atoms with E-state index in [2.05, 4.69) is 15.2 Å². The number of fused-ring (bicyclic) bond motifs is 1. The number of rotatable bonds is 3. The van der Waals surface area contributed by atoms with E-state index in [0.717, 1.165) is 29.6 Å². The van der Waals surface area contributed by atoms with E-state index in [0.29, 0.717) is 39.4 Å². The first-order valence-electron chi connectivity index (χ1n) is 8.27. The maximum Gasteiger partial charge on any atom is 0.282 e. The van der Waals surface area contributed by atoms with Crippen LogP contribution in [0.4, 0.5) is 0 Å². The van der Waals surface area contributed by atoms with Crippen molar-refractivity contribution < 1.29 is 13.2 Å². The molecule has 0 amide bonds. The number of pyridine rings is 1. The molecule has 0 aliphatic carbocycles. The van der Waals surface area contributed by atoms with Gasteiger partial charge < -0.3 is 4.74 Å². The number of hydrogen-bond donors (Lipinski definition) is 1. The lowest BCUT2D eigenvalue weighted by Crippen LogP contribution is -2.51. The van der Waals surface area contributed by atoms with Gasteiger partial charge in [0, 0.05) is 43.2 Å². The zero-order valence-corrected chi connectivity index (χ0v) is 14.2. The summed E-state index contributed by atoms with van der Waals surface area (Å²) >= 11 is 0. The fourth-order valence-electron chi connectivity index (χ4n) is 3.40. The van der Waals surface area contributed by atoms with E-state index in [1.54, 1.807) is 10.5 Å². The molecule has 2 aliphatic heterocycles. The Kier molecular flexibility index (Phi) is 4.25. The maximum atomic E-state index is 12.8. The molecule has 4 rings (SSSR count). The number of ether oxygens (including phenoxy) is 1. The molecule has 2 aromatic heterocycles. The van der Waals surface area contributed by atoms with Gasteiger partial charge in [-0.25, -0.2) is 4.98 Å². The predicted molar refractivity (Wildman–Crippen MR) is 88.7 cm³/mol. The number of H-pyrrole nitrogens is 1. The molecule has 1 N–H and O–H groups in total. The summed E-state index contributed by atoms with van der Waals surface area (Å²) in [5.74, 6) is 0.113. The van der Waals surface area contributed by atoms with Crippen molar-refractivity contribution >= 4 is 21.2 Å². The van der Waals surface area contributed by atoms with Gasteiger partial charge in [0.1, 0.15) is 0 Å². The summed E-state index contributed by atoms with van der Waals surface area (Å²) in [4.78, 5) is 4.61. The molecule has 9 heteroatoms. The van der Waals surface area contributed by atoms with Gasteiger partial charge in [0.15, 0.2) is 5.65 Å². The molecular formula is C15H21N5O3S. The number of morpholine rings is 1. The zero-order valence-electron chi connectivity index (χ0n) is 13.4. The molecule has 2 aliphatic rings. The summed E-state index contributed by atoms with van der Waals surface area (Å²) in [5.41, 5.74) is 1.68. The molecular weight excluding hydrogens is 330 g/mol. The van der Waals surface area contributed by atoms with Crippen LogP contribution in [-0.4, -0.2) is 71.6 Å². The third-order valence-electron chi connectivity index (χ3n) is 4.75. The second-order valence-corrected chi connectivity index (χ2v) is 8.19. The largest absolute Gasteiger partial charge is 0.379 e. The van der Waals surface area contributed by atoms with Crippen LogP contribution >= 0.6 is 0 Å². The molecule has 2 aromatic rings. The lowest BCUT2D eigenvalue weighted by molar-refractivity contribution is 0.0695. The van der Waals surface area contributed by atoms with Crippen LogP contribution in [0, 0.1) is 0 Å². The van der Waals surface area contributed by atoms with Gasteiger partial charge in [-0.1, -0.05) is 0 Å². The van der Waals surface area contributed by atoms with Crippen molar-refractivity contribution in [2.75, 3.05) is 39.4 Å². The van der Waals surface area contributed by atoms with Crippen LogP contribution in [0.3, 0.4) is 0 Å². The van der Waals surface area contributed by atoms with E-state index in [1.165, 1.54) is 4.31 Å². The van der Waals surface area contributed by atoms with E-state index in [9.17, 15) is 8.42 Å². The average Bonchev–Trinajstić information content (AvgIpc) is 3.10. The molecule has 0 saturated carbocycles. The van der Waals surface area contributed by atoms with E-state index < -0.39 is 10.2 Å². The number of nitrogens with one attached hydrogen (secondary N) is 1. The van der Waals surface area contributed by atoms with Crippen LogP contribution < -0.4 is 0 Å². The minimum Gasteiger partial charge on any atom is -0.379 e. The number of nitrogens with zero attached hydrogens (tertiary/aromatic N) is 4. The predicted octanol–water partition coefficient (Wildman–Crippen LogP) is 0.714. The molecule has 2 fully saturated rings. The summed E-state index contributed by atoms with van der Waals surface area (Å²) in [6.45, 7) is 2.85. The van der Waals surface area contributed by atoms with Crippen LogP contribution in [0.15, 0.2) is 18.3 Å². The van der Waals surface area contributed by atoms with Crippen LogP contribution in [0.5, 0.6) is 0 Å². The molecule has 8 nitrogen and oxygen atoms in total. The Hall–Kier alpha value is -1.55. The Bertz CT molecular complexity index is 815. The highest BCUT2D eigenvalue weighted by atomic mass is 32.2. The highest BCUT2D eigenvalue weighted by Gasteiger charge is 2.35. The third-order valence-corrected chi connectivity index (χ3v) is 6.75. The number of piperidine rings is 1. The average molecular weight is 351 g/mol. The summed E-state index contributed by atoms with van der Waals surface area (Å²) in [7, 11) is -3.42. The molecule has 0 bridgehead atoms. The van der Waals surface area contributed by atoms with Gasteiger partial charge in [-0.3, -0.25) is 5.10 Å². The van der Waals surface area contributed by atoms with Crippen molar-refractivity contribution in [3.63, 3.8) is 0 Å². The van der Waals surface area contributed by atoms with Crippen molar-refractivity contribution in [1.82, 2.24) is 23.8 Å². The van der Waals surface area contributed by atoms with Crippen molar-refractivity contribution in [1.29, 1.82) is 0 Å². The fourth-order valence-corrected chi connectivity index (χ4v) is 5.07. The molecule has 2 saturated heterocycles. The topological polar surface area (TPSA) is 91.4 Å². The zero-order chi connectivity index (χ0) is 16.6. The third kappa shape index (κ3) is 2.92. The van der Waals surface area contributed by atoms with Crippen LogP contribution in [-0.2, 0) is 14.9 Å². The van der Waals surface area contributed by atoms with E-state index in [4.69, 9.17) is 4.74 Å². The van der Waals surface area contributed by atoms with Crippen molar-refractivity contribution in [3.05, 3.63) is 24.0 Å². The van der Waals surface area contributed by atoms with Gasteiger partial charge in [0.2, 0.25) is 0 Å². The van der Waals surface area contributed by atoms with Crippen LogP contribution in [0.2, 0.25) is 0 Å². The fraction of sp³-hybridized carbons (Fsp3) is 0.600. The van der Waals surface area contributed by atoms with Crippen LogP contribution in [0.25, 0.3) is 11.0 Å². The summed E-state index contributed by atoms with van der Waals surface area (Å²) in [6.07, 6.45) is 3.53. The van der Waals surface area contributed by atoms with E-state index in [1.807, 2.05) is 12.1 Å². The number of hydrogen-bond acceptors (Lipinski definition) is 5. The quantitative estimate of drug-likeness (QED) is 0.879. The summed E-state index contributed by atoms with van der Waals surface area (Å²) in [5, 5.41) is 7.83. The SMILES string of the molecule is O=S(=O)(N1CCOCC1)N1CCC[C@@H](c2ccc3cn[nH]c3n2)C1. The first-order chi connectivity index (χ1) is 11.6. The van der Waals surface area contributed by atoms with Gasteiger partial charge in [-0.05, 0) is 25.0 Å². The molecule has 0 unspecified atom stereocenters. The minimum absolute atomic E-state index is 0.113. The van der Waals surface area contributed by atoms with E-state index in [-0.39, 0.29) is 5.92 Å². The van der Waals surface area contributed by atoms with Crippen molar-refractivity contribution in [3.8, 4) is 0 Å². The molecule has 1 atom stereocenters. The van der Waals surface area contributed by atoms with Gasteiger partial charge in [-0.15, -0.1) is 0 Å². The Morgan fingerprint density at radius 3 is 2.83 bits per heavy atom. The number of aromatic nitrogens is 3. The standard InChI is InChI=1S/C15H21N5O3S/c21-24(22,19-6-8-23-9-7-19)20-5-1-2-13(11-20)14-4-3-12-10-16-18-15(12)17-14/h3-4,10,13H,1-2,5-9,11H2,(H,16,17,18)/t13-/m1/s1. The lowest BCUT2D eigenvalue weighted by Gasteiger charge is -2.36. The first kappa shape index (κ1) is 15.9. The summed E-state index contributed by atoms with van der Waals surface area (Å²) in [6, 6.07) is 3.96. The smallest absolute Gasteiger partial charge is 0.282 e. The second-order valence-electron chi connectivity index (χ2n) is 6.26. The number of aromatic amines is 1. The highest BCUT2D eigenvalue weighted by Crippen LogP contribution is 2.29.